The van der Waals surface area contributed by atoms with Gasteiger partial charge in [-0.25, -0.2) is 4.57 Å². The second-order valence-corrected chi connectivity index (χ2v) is 2.47. The number of halogens is 1. The van der Waals surface area contributed by atoms with Gasteiger partial charge in [-0.1, -0.05) is 19.4 Å². The zero-order valence-electron chi connectivity index (χ0n) is 6.86. The first-order valence-corrected chi connectivity index (χ1v) is 3.87. The average molecular weight is 217 g/mol. The van der Waals surface area contributed by atoms with Gasteiger partial charge in [-0.15, -0.1) is 17.0 Å². The smallest absolute Gasteiger partial charge is 0.168 e. The Balaban J connectivity index is 0.000001000. The Labute approximate surface area is 78.8 Å². The molecule has 0 amide bonds. The molecule has 1 aromatic heterocycles. The molecular weight excluding hydrogens is 202 g/mol. The molecule has 1 heterocycles. The minimum Gasteiger partial charge on any atom is -0.205 e. The van der Waals surface area contributed by atoms with E-state index in [2.05, 4.69) is 36.0 Å². The number of aromatic nitrogens is 1. The van der Waals surface area contributed by atoms with Gasteiger partial charge in [0.05, 0.1) is 0 Å². The molecule has 0 atom stereocenters. The van der Waals surface area contributed by atoms with Crippen LogP contribution in [0.4, 0.5) is 0 Å². The molecule has 2 heteroatoms. The quantitative estimate of drug-likeness (QED) is 0.684. The van der Waals surface area contributed by atoms with Crippen molar-refractivity contribution in [2.75, 3.05) is 0 Å². The van der Waals surface area contributed by atoms with Crippen LogP contribution >= 0.6 is 17.0 Å². The van der Waals surface area contributed by atoms with E-state index in [-0.39, 0.29) is 17.0 Å². The van der Waals surface area contributed by atoms with Crippen LogP contribution in [0.5, 0.6) is 0 Å². The second-order valence-electron chi connectivity index (χ2n) is 2.47. The van der Waals surface area contributed by atoms with Crippen molar-refractivity contribution >= 4 is 17.0 Å². The van der Waals surface area contributed by atoms with E-state index in [1.54, 1.807) is 0 Å². The number of nitrogens with zero attached hydrogens (tertiary/aromatic N) is 1. The fourth-order valence-electron chi connectivity index (χ4n) is 0.924. The normalized spacial score (nSPS) is 8.82. The topological polar surface area (TPSA) is 3.88 Å². The van der Waals surface area contributed by atoms with E-state index >= 15 is 0 Å². The lowest BCUT2D eigenvalue weighted by atomic mass is 10.3. The first-order valence-electron chi connectivity index (χ1n) is 3.87. The van der Waals surface area contributed by atoms with Gasteiger partial charge in [0.25, 0.3) is 0 Å². The van der Waals surface area contributed by atoms with E-state index in [1.807, 2.05) is 6.07 Å². The van der Waals surface area contributed by atoms with Gasteiger partial charge < -0.3 is 0 Å². The predicted octanol–water partition coefficient (Wildman–Crippen LogP) is 2.35. The van der Waals surface area contributed by atoms with Gasteiger partial charge in [-0.2, -0.15) is 0 Å². The minimum atomic E-state index is 0. The Morgan fingerprint density at radius 1 is 1.09 bits per heavy atom. The first kappa shape index (κ1) is 10.6. The average Bonchev–Trinajstić information content (AvgIpc) is 2.03. The maximum absolute atomic E-state index is 2.21. The molecule has 11 heavy (non-hydrogen) atoms. The predicted molar refractivity (Wildman–Crippen MR) is 51.9 cm³/mol. The summed E-state index contributed by atoms with van der Waals surface area (Å²) in [6.45, 7) is 3.36. The molecule has 0 unspecified atom stereocenters. The van der Waals surface area contributed by atoms with Crippen molar-refractivity contribution in [2.45, 2.75) is 26.3 Å². The standard InChI is InChI=1S/C9H14N.BrH/c1-2-3-7-10-8-5-4-6-9-10;/h4-6,8-9H,2-3,7H2,1H3;1H/q+1;. The van der Waals surface area contributed by atoms with Gasteiger partial charge in [0.15, 0.2) is 12.4 Å². The van der Waals surface area contributed by atoms with Crippen LogP contribution in [0.2, 0.25) is 0 Å². The molecule has 0 radical (unpaired) electrons. The number of rotatable bonds is 3. The van der Waals surface area contributed by atoms with E-state index in [4.69, 9.17) is 0 Å². The molecule has 1 aromatic rings. The summed E-state index contributed by atoms with van der Waals surface area (Å²) in [6.07, 6.45) is 6.75. The maximum atomic E-state index is 2.21. The summed E-state index contributed by atoms with van der Waals surface area (Å²) >= 11 is 0. The van der Waals surface area contributed by atoms with E-state index < -0.39 is 0 Å². The molecule has 1 rings (SSSR count). The van der Waals surface area contributed by atoms with Crippen LogP contribution in [0.1, 0.15) is 19.8 Å². The van der Waals surface area contributed by atoms with Crippen molar-refractivity contribution in [2.24, 2.45) is 0 Å². The molecule has 62 valence electrons. The van der Waals surface area contributed by atoms with Crippen LogP contribution in [0.25, 0.3) is 0 Å². The summed E-state index contributed by atoms with van der Waals surface area (Å²) in [5, 5.41) is 0. The lowest BCUT2D eigenvalue weighted by Gasteiger charge is -1.91. The molecule has 0 N–H and O–H groups in total. The highest BCUT2D eigenvalue weighted by atomic mass is 79.9. The Hall–Kier alpha value is -0.370. The highest BCUT2D eigenvalue weighted by Crippen LogP contribution is 1.85. The lowest BCUT2D eigenvalue weighted by molar-refractivity contribution is -0.697. The number of unbranched alkanes of at least 4 members (excludes halogenated alkanes) is 1. The first-order chi connectivity index (χ1) is 4.93. The van der Waals surface area contributed by atoms with Crippen LogP contribution < -0.4 is 4.57 Å². The lowest BCUT2D eigenvalue weighted by Crippen LogP contribution is -2.31. The van der Waals surface area contributed by atoms with Crippen LogP contribution in [0, 0.1) is 0 Å². The molecule has 1 nitrogen and oxygen atoms in total. The summed E-state index contributed by atoms with van der Waals surface area (Å²) in [4.78, 5) is 0. The molecule has 0 saturated carbocycles. The second kappa shape index (κ2) is 6.35. The molecule has 0 aliphatic rings. The van der Waals surface area contributed by atoms with E-state index in [1.165, 1.54) is 12.8 Å². The van der Waals surface area contributed by atoms with Gasteiger partial charge >= 0.3 is 0 Å². The Morgan fingerprint density at radius 3 is 2.27 bits per heavy atom. The SMILES string of the molecule is Br.CCCC[n+]1ccccc1. The van der Waals surface area contributed by atoms with Crippen molar-refractivity contribution in [1.29, 1.82) is 0 Å². The third-order valence-corrected chi connectivity index (χ3v) is 1.55. The van der Waals surface area contributed by atoms with Gasteiger partial charge in [0.1, 0.15) is 6.54 Å². The highest BCUT2D eigenvalue weighted by molar-refractivity contribution is 8.93. The Kier molecular flexibility index (Phi) is 6.13. The Bertz CT molecular complexity index is 174. The Morgan fingerprint density at radius 2 is 1.73 bits per heavy atom. The number of aryl methyl sites for hydroxylation is 1. The molecule has 0 spiro atoms. The number of hydrogen-bond acceptors (Lipinski definition) is 0. The third kappa shape index (κ3) is 4.14. The molecule has 0 saturated heterocycles. The van der Waals surface area contributed by atoms with Gasteiger partial charge in [0.2, 0.25) is 0 Å². The van der Waals surface area contributed by atoms with Gasteiger partial charge in [-0.3, -0.25) is 0 Å². The number of pyridine rings is 1. The molecule has 0 aliphatic heterocycles. The summed E-state index contributed by atoms with van der Waals surface area (Å²) in [5.41, 5.74) is 0. The maximum Gasteiger partial charge on any atom is 0.168 e. The van der Waals surface area contributed by atoms with Gasteiger partial charge in [0, 0.05) is 18.6 Å². The van der Waals surface area contributed by atoms with E-state index in [0.717, 1.165) is 6.54 Å². The van der Waals surface area contributed by atoms with Crippen LogP contribution in [-0.2, 0) is 6.54 Å². The molecule has 0 aromatic carbocycles. The fraction of sp³-hybridized carbons (Fsp3) is 0.444. The molecule has 0 bridgehead atoms. The zero-order chi connectivity index (χ0) is 7.23. The summed E-state index contributed by atoms with van der Waals surface area (Å²) in [5.74, 6) is 0. The summed E-state index contributed by atoms with van der Waals surface area (Å²) < 4.78 is 2.21. The number of hydrogen-bond donors (Lipinski definition) is 0. The molecular formula is C9H15BrN+. The third-order valence-electron chi connectivity index (χ3n) is 1.55. The molecule has 0 fully saturated rings. The summed E-state index contributed by atoms with van der Waals surface area (Å²) in [6, 6.07) is 6.17. The van der Waals surface area contributed by atoms with Gasteiger partial charge in [-0.05, 0) is 0 Å². The van der Waals surface area contributed by atoms with Crippen molar-refractivity contribution < 1.29 is 4.57 Å². The summed E-state index contributed by atoms with van der Waals surface area (Å²) in [7, 11) is 0. The zero-order valence-corrected chi connectivity index (χ0v) is 8.58. The van der Waals surface area contributed by atoms with E-state index in [9.17, 15) is 0 Å². The van der Waals surface area contributed by atoms with Crippen molar-refractivity contribution in [1.82, 2.24) is 0 Å². The largest absolute Gasteiger partial charge is 0.205 e. The fourth-order valence-corrected chi connectivity index (χ4v) is 0.924. The molecule has 0 aliphatic carbocycles. The van der Waals surface area contributed by atoms with E-state index in [0.29, 0.717) is 0 Å². The monoisotopic (exact) mass is 216 g/mol. The van der Waals surface area contributed by atoms with Crippen LogP contribution in [0.15, 0.2) is 30.6 Å². The van der Waals surface area contributed by atoms with Crippen molar-refractivity contribution in [3.63, 3.8) is 0 Å². The van der Waals surface area contributed by atoms with Crippen molar-refractivity contribution in [3.05, 3.63) is 30.6 Å². The van der Waals surface area contributed by atoms with Crippen LogP contribution in [0.3, 0.4) is 0 Å². The minimum absolute atomic E-state index is 0. The van der Waals surface area contributed by atoms with Crippen LogP contribution in [-0.4, -0.2) is 0 Å². The van der Waals surface area contributed by atoms with Crippen molar-refractivity contribution in [3.8, 4) is 0 Å². The highest BCUT2D eigenvalue weighted by Gasteiger charge is 1.93.